The average Bonchev–Trinajstić information content (AvgIpc) is 2.58. The third-order valence-corrected chi connectivity index (χ3v) is 4.69. The summed E-state index contributed by atoms with van der Waals surface area (Å²) in [6.07, 6.45) is 2.50. The number of carbonyl (C=O) groups is 1. The van der Waals surface area contributed by atoms with Crippen LogP contribution in [0, 0.1) is 0 Å². The first-order chi connectivity index (χ1) is 11.2. The number of carbonyl (C=O) groups excluding carboxylic acids is 1. The van der Waals surface area contributed by atoms with Crippen LogP contribution in [0.15, 0.2) is 24.3 Å². The normalized spacial score (nSPS) is 22.6. The number of hydrogen-bond acceptors (Lipinski definition) is 5. The van der Waals surface area contributed by atoms with Crippen LogP contribution in [0.3, 0.4) is 0 Å². The minimum Gasteiger partial charge on any atom is -0.489 e. The van der Waals surface area contributed by atoms with Gasteiger partial charge in [-0.1, -0.05) is 0 Å². The molecule has 1 aromatic rings. The molecule has 2 saturated heterocycles. The largest absolute Gasteiger partial charge is 0.489 e. The van der Waals surface area contributed by atoms with Crippen LogP contribution in [0.4, 0.5) is 0 Å². The molecule has 3 rings (SSSR count). The fourth-order valence-corrected chi connectivity index (χ4v) is 3.13. The van der Waals surface area contributed by atoms with Gasteiger partial charge in [0.2, 0.25) is 0 Å². The number of halogens is 1. The van der Waals surface area contributed by atoms with Crippen molar-refractivity contribution >= 4 is 18.2 Å². The summed E-state index contributed by atoms with van der Waals surface area (Å²) < 4.78 is 5.96. The van der Waals surface area contributed by atoms with E-state index >= 15 is 0 Å². The predicted molar refractivity (Wildman–Crippen MR) is 98.5 cm³/mol. The van der Waals surface area contributed by atoms with Gasteiger partial charge in [0.05, 0.1) is 6.54 Å². The van der Waals surface area contributed by atoms with Gasteiger partial charge in [0, 0.05) is 38.3 Å². The van der Waals surface area contributed by atoms with Crippen molar-refractivity contribution in [3.63, 3.8) is 0 Å². The van der Waals surface area contributed by atoms with Gasteiger partial charge in [-0.25, -0.2) is 0 Å². The molecule has 0 radical (unpaired) electrons. The highest BCUT2D eigenvalue weighted by Gasteiger charge is 2.18. The second-order valence-corrected chi connectivity index (χ2v) is 6.61. The van der Waals surface area contributed by atoms with Gasteiger partial charge in [0.1, 0.15) is 11.9 Å². The van der Waals surface area contributed by atoms with Crippen LogP contribution in [-0.2, 0) is 0 Å². The van der Waals surface area contributed by atoms with Crippen molar-refractivity contribution < 1.29 is 9.53 Å². The molecule has 0 spiro atoms. The zero-order valence-electron chi connectivity index (χ0n) is 14.4. The Bertz CT molecular complexity index is 510. The maximum Gasteiger partial charge on any atom is 0.176 e. The number of rotatable bonds is 5. The van der Waals surface area contributed by atoms with Crippen molar-refractivity contribution in [1.82, 2.24) is 15.1 Å². The third kappa shape index (κ3) is 5.45. The number of likely N-dealkylation sites (N-methyl/N-ethyl adjacent to an activating group) is 1. The SMILES string of the molecule is CN1CCN(CC(=O)c2ccc(OC3CCCNC3)cc2)CC1.Cl. The lowest BCUT2D eigenvalue weighted by atomic mass is 10.1. The van der Waals surface area contributed by atoms with E-state index in [1.807, 2.05) is 24.3 Å². The van der Waals surface area contributed by atoms with Crippen LogP contribution in [0.25, 0.3) is 0 Å². The van der Waals surface area contributed by atoms with E-state index in [0.29, 0.717) is 6.54 Å². The Morgan fingerprint density at radius 3 is 2.54 bits per heavy atom. The van der Waals surface area contributed by atoms with Gasteiger partial charge < -0.3 is 15.0 Å². The molecule has 2 fully saturated rings. The number of nitrogens with zero attached hydrogens (tertiary/aromatic N) is 2. The Balaban J connectivity index is 0.00000208. The number of Topliss-reactive ketones (excluding diaryl/α,β-unsaturated/α-hetero) is 1. The van der Waals surface area contributed by atoms with Gasteiger partial charge in [-0.05, 0) is 50.7 Å². The van der Waals surface area contributed by atoms with Crippen molar-refractivity contribution in [2.24, 2.45) is 0 Å². The van der Waals surface area contributed by atoms with Crippen LogP contribution in [0.1, 0.15) is 23.2 Å². The number of piperidine rings is 1. The van der Waals surface area contributed by atoms with E-state index in [4.69, 9.17) is 4.74 Å². The molecule has 0 aromatic heterocycles. The first kappa shape index (κ1) is 19.2. The van der Waals surface area contributed by atoms with E-state index in [1.165, 1.54) is 0 Å². The highest BCUT2D eigenvalue weighted by Crippen LogP contribution is 2.17. The first-order valence-electron chi connectivity index (χ1n) is 8.62. The Morgan fingerprint density at radius 2 is 1.92 bits per heavy atom. The van der Waals surface area contributed by atoms with Gasteiger partial charge in [0.15, 0.2) is 5.78 Å². The summed E-state index contributed by atoms with van der Waals surface area (Å²) in [7, 11) is 2.12. The number of hydrogen-bond donors (Lipinski definition) is 1. The molecule has 0 bridgehead atoms. The maximum absolute atomic E-state index is 12.4. The quantitative estimate of drug-likeness (QED) is 0.816. The van der Waals surface area contributed by atoms with Crippen LogP contribution in [-0.4, -0.2) is 74.5 Å². The lowest BCUT2D eigenvalue weighted by molar-refractivity contribution is 0.0876. The van der Waals surface area contributed by atoms with E-state index in [2.05, 4.69) is 22.2 Å². The molecule has 2 heterocycles. The van der Waals surface area contributed by atoms with Gasteiger partial charge >= 0.3 is 0 Å². The van der Waals surface area contributed by atoms with Crippen molar-refractivity contribution in [3.8, 4) is 5.75 Å². The Hall–Kier alpha value is -1.14. The Kier molecular flexibility index (Phi) is 7.49. The molecule has 1 unspecified atom stereocenters. The molecule has 0 aliphatic carbocycles. The van der Waals surface area contributed by atoms with Crippen molar-refractivity contribution in [2.45, 2.75) is 18.9 Å². The zero-order valence-corrected chi connectivity index (χ0v) is 15.2. The van der Waals surface area contributed by atoms with Crippen molar-refractivity contribution in [2.75, 3.05) is 52.9 Å². The third-order valence-electron chi connectivity index (χ3n) is 4.69. The molecule has 1 N–H and O–H groups in total. The number of ether oxygens (including phenoxy) is 1. The molecular weight excluding hydrogens is 326 g/mol. The fourth-order valence-electron chi connectivity index (χ4n) is 3.13. The molecule has 24 heavy (non-hydrogen) atoms. The van der Waals surface area contributed by atoms with Crippen LogP contribution in [0.2, 0.25) is 0 Å². The minimum atomic E-state index is 0. The van der Waals surface area contributed by atoms with Gasteiger partial charge in [-0.2, -0.15) is 0 Å². The van der Waals surface area contributed by atoms with Crippen LogP contribution >= 0.6 is 12.4 Å². The summed E-state index contributed by atoms with van der Waals surface area (Å²) in [5.41, 5.74) is 0.776. The summed E-state index contributed by atoms with van der Waals surface area (Å²) in [5.74, 6) is 1.05. The lowest BCUT2D eigenvalue weighted by Crippen LogP contribution is -2.46. The van der Waals surface area contributed by atoms with Crippen LogP contribution < -0.4 is 10.1 Å². The van der Waals surface area contributed by atoms with Gasteiger partial charge in [-0.3, -0.25) is 9.69 Å². The Morgan fingerprint density at radius 1 is 1.21 bits per heavy atom. The molecule has 134 valence electrons. The summed E-state index contributed by atoms with van der Waals surface area (Å²) in [6.45, 7) is 6.52. The zero-order chi connectivity index (χ0) is 16.1. The minimum absolute atomic E-state index is 0. The second kappa shape index (κ2) is 9.37. The summed E-state index contributed by atoms with van der Waals surface area (Å²) in [5, 5.41) is 3.35. The molecule has 0 saturated carbocycles. The fraction of sp³-hybridized carbons (Fsp3) is 0.611. The van der Waals surface area contributed by atoms with E-state index in [0.717, 1.165) is 63.4 Å². The average molecular weight is 354 g/mol. The molecule has 2 aliphatic heterocycles. The van der Waals surface area contributed by atoms with E-state index < -0.39 is 0 Å². The molecule has 1 atom stereocenters. The topological polar surface area (TPSA) is 44.8 Å². The molecule has 6 heteroatoms. The second-order valence-electron chi connectivity index (χ2n) is 6.61. The number of piperazine rings is 1. The number of nitrogens with one attached hydrogen (secondary N) is 1. The van der Waals surface area contributed by atoms with E-state index in [9.17, 15) is 4.79 Å². The van der Waals surface area contributed by atoms with Crippen molar-refractivity contribution in [1.29, 1.82) is 0 Å². The molecule has 1 aromatic carbocycles. The highest BCUT2D eigenvalue weighted by atomic mass is 35.5. The molecule has 5 nitrogen and oxygen atoms in total. The first-order valence-corrected chi connectivity index (χ1v) is 8.62. The van der Waals surface area contributed by atoms with Crippen molar-refractivity contribution in [3.05, 3.63) is 29.8 Å². The summed E-state index contributed by atoms with van der Waals surface area (Å²) in [4.78, 5) is 16.9. The molecule has 0 amide bonds. The summed E-state index contributed by atoms with van der Waals surface area (Å²) >= 11 is 0. The highest BCUT2D eigenvalue weighted by molar-refractivity contribution is 5.97. The van der Waals surface area contributed by atoms with Gasteiger partial charge in [-0.15, -0.1) is 12.4 Å². The Labute approximate surface area is 150 Å². The predicted octanol–water partition coefficient (Wildman–Crippen LogP) is 1.67. The smallest absolute Gasteiger partial charge is 0.176 e. The maximum atomic E-state index is 12.4. The number of ketones is 1. The van der Waals surface area contributed by atoms with Crippen LogP contribution in [0.5, 0.6) is 5.75 Å². The van der Waals surface area contributed by atoms with E-state index in [-0.39, 0.29) is 24.3 Å². The standard InChI is InChI=1S/C18H27N3O2.ClH/c1-20-9-11-21(12-10-20)14-18(22)15-4-6-16(7-5-15)23-17-3-2-8-19-13-17;/h4-7,17,19H,2-3,8-14H2,1H3;1H. The number of benzene rings is 1. The van der Waals surface area contributed by atoms with E-state index in [1.54, 1.807) is 0 Å². The molecule has 2 aliphatic rings. The molecular formula is C18H28ClN3O2. The monoisotopic (exact) mass is 353 g/mol. The van der Waals surface area contributed by atoms with Gasteiger partial charge in [0.25, 0.3) is 0 Å². The lowest BCUT2D eigenvalue weighted by Gasteiger charge is -2.31. The summed E-state index contributed by atoms with van der Waals surface area (Å²) in [6, 6.07) is 7.63.